The highest BCUT2D eigenvalue weighted by Gasteiger charge is 2.09. The lowest BCUT2D eigenvalue weighted by Crippen LogP contribution is -1.98. The molecule has 0 atom stereocenters. The third kappa shape index (κ3) is 3.63. The van der Waals surface area contributed by atoms with Crippen LogP contribution in [0, 0.1) is 6.92 Å². The van der Waals surface area contributed by atoms with Gasteiger partial charge in [-0.1, -0.05) is 24.3 Å². The number of pyridine rings is 1. The van der Waals surface area contributed by atoms with Gasteiger partial charge >= 0.3 is 0 Å². The first-order valence-corrected chi connectivity index (χ1v) is 9.27. The number of nitrogens with zero attached hydrogens (tertiary/aromatic N) is 1. The molecule has 3 rings (SSSR count). The number of rotatable bonds is 4. The SMILES string of the molecule is Cc1ccc2cccc(COc3ccc(S(=O)(=O)Cl)cc3)c2n1. The molecule has 0 bridgehead atoms. The van der Waals surface area contributed by atoms with E-state index in [0.717, 1.165) is 22.2 Å². The van der Waals surface area contributed by atoms with E-state index in [-0.39, 0.29) is 4.90 Å². The molecule has 0 unspecified atom stereocenters. The van der Waals surface area contributed by atoms with Crippen molar-refractivity contribution in [2.45, 2.75) is 18.4 Å². The van der Waals surface area contributed by atoms with E-state index in [1.165, 1.54) is 12.1 Å². The summed E-state index contributed by atoms with van der Waals surface area (Å²) in [7, 11) is 1.57. The Kier molecular flexibility index (Phi) is 4.24. The van der Waals surface area contributed by atoms with E-state index in [4.69, 9.17) is 15.4 Å². The molecule has 118 valence electrons. The van der Waals surface area contributed by atoms with E-state index >= 15 is 0 Å². The Morgan fingerprint density at radius 2 is 1.78 bits per heavy atom. The number of para-hydroxylation sites is 1. The van der Waals surface area contributed by atoms with Gasteiger partial charge < -0.3 is 4.74 Å². The molecule has 6 heteroatoms. The molecular formula is C17H14ClNO3S. The van der Waals surface area contributed by atoms with E-state index in [9.17, 15) is 8.42 Å². The number of aromatic nitrogens is 1. The average molecular weight is 348 g/mol. The lowest BCUT2D eigenvalue weighted by molar-refractivity contribution is 0.307. The molecule has 0 aliphatic rings. The van der Waals surface area contributed by atoms with Crippen LogP contribution in [0.5, 0.6) is 5.75 Å². The molecule has 4 nitrogen and oxygen atoms in total. The molecule has 0 spiro atoms. The van der Waals surface area contributed by atoms with Crippen LogP contribution < -0.4 is 4.74 Å². The Labute approximate surface area is 139 Å². The van der Waals surface area contributed by atoms with Gasteiger partial charge in [-0.05, 0) is 37.3 Å². The molecule has 2 aromatic carbocycles. The van der Waals surface area contributed by atoms with Crippen molar-refractivity contribution in [3.8, 4) is 5.75 Å². The van der Waals surface area contributed by atoms with E-state index in [2.05, 4.69) is 4.98 Å². The Morgan fingerprint density at radius 1 is 1.04 bits per heavy atom. The van der Waals surface area contributed by atoms with E-state index in [1.807, 2.05) is 37.3 Å². The zero-order valence-electron chi connectivity index (χ0n) is 12.4. The molecule has 0 aliphatic heterocycles. The first-order valence-electron chi connectivity index (χ1n) is 6.96. The Morgan fingerprint density at radius 3 is 2.48 bits per heavy atom. The van der Waals surface area contributed by atoms with Crippen LogP contribution in [-0.4, -0.2) is 13.4 Å². The van der Waals surface area contributed by atoms with Gasteiger partial charge in [0.15, 0.2) is 0 Å². The number of fused-ring (bicyclic) bond motifs is 1. The highest BCUT2D eigenvalue weighted by atomic mass is 35.7. The average Bonchev–Trinajstić information content (AvgIpc) is 2.52. The number of halogens is 1. The summed E-state index contributed by atoms with van der Waals surface area (Å²) in [5.74, 6) is 0.568. The smallest absolute Gasteiger partial charge is 0.261 e. The third-order valence-electron chi connectivity index (χ3n) is 3.44. The van der Waals surface area contributed by atoms with E-state index in [0.29, 0.717) is 12.4 Å². The molecule has 1 aromatic heterocycles. The van der Waals surface area contributed by atoms with Gasteiger partial charge in [0.2, 0.25) is 0 Å². The highest BCUT2D eigenvalue weighted by Crippen LogP contribution is 2.22. The first-order chi connectivity index (χ1) is 10.9. The molecule has 23 heavy (non-hydrogen) atoms. The standard InChI is InChI=1S/C17H14ClNO3S/c1-12-5-6-13-3-2-4-14(17(13)19-12)11-22-15-7-9-16(10-8-15)23(18,20)21/h2-10H,11H2,1H3. The molecule has 0 N–H and O–H groups in total. The topological polar surface area (TPSA) is 56.3 Å². The summed E-state index contributed by atoms with van der Waals surface area (Å²) in [6.07, 6.45) is 0. The van der Waals surface area contributed by atoms with Crippen molar-refractivity contribution in [2.24, 2.45) is 0 Å². The van der Waals surface area contributed by atoms with Gasteiger partial charge in [0.05, 0.1) is 10.4 Å². The Balaban J connectivity index is 1.82. The van der Waals surface area contributed by atoms with E-state index in [1.54, 1.807) is 12.1 Å². The maximum absolute atomic E-state index is 11.2. The predicted octanol–water partition coefficient (Wildman–Crippen LogP) is 4.05. The number of benzene rings is 2. The van der Waals surface area contributed by atoms with Crippen LogP contribution in [0.4, 0.5) is 0 Å². The zero-order valence-corrected chi connectivity index (χ0v) is 13.9. The molecule has 3 aromatic rings. The summed E-state index contributed by atoms with van der Waals surface area (Å²) in [5.41, 5.74) is 2.83. The molecule has 0 aliphatic carbocycles. The summed E-state index contributed by atoms with van der Waals surface area (Å²) >= 11 is 0. The third-order valence-corrected chi connectivity index (χ3v) is 4.81. The molecule has 0 amide bonds. The number of ether oxygens (including phenoxy) is 1. The zero-order chi connectivity index (χ0) is 16.4. The maximum Gasteiger partial charge on any atom is 0.261 e. The van der Waals surface area contributed by atoms with Crippen molar-refractivity contribution < 1.29 is 13.2 Å². The Hall–Kier alpha value is -2.11. The maximum atomic E-state index is 11.2. The second kappa shape index (κ2) is 6.18. The summed E-state index contributed by atoms with van der Waals surface area (Å²) in [6, 6.07) is 15.9. The fourth-order valence-electron chi connectivity index (χ4n) is 2.28. The van der Waals surface area contributed by atoms with Crippen molar-refractivity contribution in [3.05, 3.63) is 65.9 Å². The van der Waals surface area contributed by atoms with Crippen LogP contribution in [0.1, 0.15) is 11.3 Å². The quantitative estimate of drug-likeness (QED) is 0.668. The Bertz CT molecular complexity index is 953. The second-order valence-electron chi connectivity index (χ2n) is 5.14. The minimum atomic E-state index is -3.71. The molecule has 0 radical (unpaired) electrons. The normalized spacial score (nSPS) is 11.6. The van der Waals surface area contributed by atoms with Crippen LogP contribution in [-0.2, 0) is 15.7 Å². The summed E-state index contributed by atoms with van der Waals surface area (Å²) in [5, 5.41) is 1.06. The van der Waals surface area contributed by atoms with Gasteiger partial charge in [-0.25, -0.2) is 8.42 Å². The van der Waals surface area contributed by atoms with Crippen LogP contribution in [0.3, 0.4) is 0 Å². The fourth-order valence-corrected chi connectivity index (χ4v) is 3.05. The van der Waals surface area contributed by atoms with Gasteiger partial charge in [-0.15, -0.1) is 0 Å². The molecule has 0 saturated heterocycles. The predicted molar refractivity (Wildman–Crippen MR) is 90.3 cm³/mol. The van der Waals surface area contributed by atoms with Crippen molar-refractivity contribution in [3.63, 3.8) is 0 Å². The van der Waals surface area contributed by atoms with Gasteiger partial charge in [-0.3, -0.25) is 4.98 Å². The molecule has 0 saturated carbocycles. The lowest BCUT2D eigenvalue weighted by atomic mass is 10.1. The summed E-state index contributed by atoms with van der Waals surface area (Å²) < 4.78 is 28.2. The van der Waals surface area contributed by atoms with Crippen molar-refractivity contribution in [2.75, 3.05) is 0 Å². The number of hydrogen-bond donors (Lipinski definition) is 0. The van der Waals surface area contributed by atoms with Crippen molar-refractivity contribution >= 4 is 30.6 Å². The van der Waals surface area contributed by atoms with Crippen molar-refractivity contribution in [1.82, 2.24) is 4.98 Å². The number of hydrogen-bond acceptors (Lipinski definition) is 4. The molecule has 1 heterocycles. The highest BCUT2D eigenvalue weighted by molar-refractivity contribution is 8.13. The van der Waals surface area contributed by atoms with Gasteiger partial charge in [0.25, 0.3) is 9.05 Å². The van der Waals surface area contributed by atoms with Crippen LogP contribution >= 0.6 is 10.7 Å². The monoisotopic (exact) mass is 347 g/mol. The van der Waals surface area contributed by atoms with Gasteiger partial charge in [-0.2, -0.15) is 0 Å². The first kappa shape index (κ1) is 15.8. The summed E-state index contributed by atoms with van der Waals surface area (Å²) in [6.45, 7) is 2.29. The molecular weight excluding hydrogens is 334 g/mol. The largest absolute Gasteiger partial charge is 0.489 e. The van der Waals surface area contributed by atoms with Crippen LogP contribution in [0.25, 0.3) is 10.9 Å². The fraction of sp³-hybridized carbons (Fsp3) is 0.118. The molecule has 0 fully saturated rings. The van der Waals surface area contributed by atoms with Gasteiger partial charge in [0.1, 0.15) is 12.4 Å². The van der Waals surface area contributed by atoms with Crippen LogP contribution in [0.2, 0.25) is 0 Å². The van der Waals surface area contributed by atoms with E-state index < -0.39 is 9.05 Å². The second-order valence-corrected chi connectivity index (χ2v) is 7.71. The lowest BCUT2D eigenvalue weighted by Gasteiger charge is -2.09. The minimum Gasteiger partial charge on any atom is -0.489 e. The minimum absolute atomic E-state index is 0.0500. The van der Waals surface area contributed by atoms with Gasteiger partial charge in [0, 0.05) is 27.3 Å². The number of aryl methyl sites for hydroxylation is 1. The van der Waals surface area contributed by atoms with Crippen molar-refractivity contribution in [1.29, 1.82) is 0 Å². The summed E-state index contributed by atoms with van der Waals surface area (Å²) in [4.78, 5) is 4.61. The van der Waals surface area contributed by atoms with Crippen LogP contribution in [0.15, 0.2) is 59.5 Å².